The Morgan fingerprint density at radius 1 is 1.37 bits per heavy atom. The molecule has 2 rings (SSSR count). The van der Waals surface area contributed by atoms with Gasteiger partial charge in [-0.2, -0.15) is 0 Å². The van der Waals surface area contributed by atoms with Gasteiger partial charge in [-0.25, -0.2) is 9.38 Å². The van der Waals surface area contributed by atoms with Gasteiger partial charge < -0.3 is 19.7 Å². The lowest BCUT2D eigenvalue weighted by Gasteiger charge is -2.21. The molecule has 1 aliphatic rings. The van der Waals surface area contributed by atoms with E-state index in [9.17, 15) is 9.18 Å². The summed E-state index contributed by atoms with van der Waals surface area (Å²) in [6.45, 7) is 6.75. The zero-order valence-electron chi connectivity index (χ0n) is 16.3. The fourth-order valence-electron chi connectivity index (χ4n) is 3.18. The van der Waals surface area contributed by atoms with Crippen molar-refractivity contribution in [2.45, 2.75) is 27.0 Å². The zero-order valence-corrected chi connectivity index (χ0v) is 18.7. The van der Waals surface area contributed by atoms with Crippen molar-refractivity contribution in [2.24, 2.45) is 16.8 Å². The van der Waals surface area contributed by atoms with Gasteiger partial charge in [-0.05, 0) is 30.5 Å². The second-order valence-corrected chi connectivity index (χ2v) is 6.54. The van der Waals surface area contributed by atoms with Crippen LogP contribution in [-0.2, 0) is 27.4 Å². The predicted octanol–water partition coefficient (Wildman–Crippen LogP) is 2.80. The van der Waals surface area contributed by atoms with Gasteiger partial charge >= 0.3 is 5.97 Å². The number of nitrogens with one attached hydrogen (secondary N) is 1. The minimum atomic E-state index is -0.277. The van der Waals surface area contributed by atoms with E-state index in [1.165, 1.54) is 13.2 Å². The van der Waals surface area contributed by atoms with E-state index in [2.05, 4.69) is 15.2 Å². The number of halogens is 2. The number of carbonyl (C=O) groups excluding carboxylic acids is 1. The van der Waals surface area contributed by atoms with Gasteiger partial charge in [0.15, 0.2) is 5.96 Å². The van der Waals surface area contributed by atoms with Crippen LogP contribution in [0.3, 0.4) is 0 Å². The molecule has 0 aliphatic carbocycles. The van der Waals surface area contributed by atoms with Gasteiger partial charge in [0.1, 0.15) is 5.82 Å². The van der Waals surface area contributed by atoms with E-state index in [-0.39, 0.29) is 54.2 Å². The van der Waals surface area contributed by atoms with E-state index in [4.69, 9.17) is 9.47 Å². The second kappa shape index (κ2) is 11.4. The van der Waals surface area contributed by atoms with Crippen LogP contribution < -0.4 is 5.32 Å². The molecule has 1 aliphatic heterocycles. The van der Waals surface area contributed by atoms with E-state index in [1.807, 2.05) is 13.8 Å². The molecular formula is C19H29FIN3O3. The molecule has 8 heteroatoms. The summed E-state index contributed by atoms with van der Waals surface area (Å²) in [5.74, 6) is 0.344. The first-order chi connectivity index (χ1) is 12.5. The van der Waals surface area contributed by atoms with Crippen LogP contribution >= 0.6 is 24.0 Å². The average molecular weight is 493 g/mol. The fraction of sp³-hybridized carbons (Fsp3) is 0.579. The molecule has 27 heavy (non-hydrogen) atoms. The highest BCUT2D eigenvalue weighted by atomic mass is 127. The number of aliphatic imine (C=N–C) groups is 1. The minimum Gasteiger partial charge on any atom is -0.469 e. The molecule has 0 saturated carbocycles. The first-order valence-electron chi connectivity index (χ1n) is 8.87. The molecule has 1 aromatic carbocycles. The Morgan fingerprint density at radius 3 is 2.74 bits per heavy atom. The third-order valence-corrected chi connectivity index (χ3v) is 4.57. The van der Waals surface area contributed by atoms with Crippen molar-refractivity contribution in [1.29, 1.82) is 0 Å². The highest BCUT2D eigenvalue weighted by Crippen LogP contribution is 2.24. The number of likely N-dealkylation sites (tertiary alicyclic amines) is 1. The van der Waals surface area contributed by atoms with Gasteiger partial charge in [0.05, 0.1) is 26.2 Å². The van der Waals surface area contributed by atoms with Crippen molar-refractivity contribution >= 4 is 35.9 Å². The SMILES string of the molecule is CCNC(=NCc1ccc(F)c(COC)c1)N1CC(C)C(C(=O)OC)C1.I. The summed E-state index contributed by atoms with van der Waals surface area (Å²) in [5.41, 5.74) is 1.43. The number of carbonyl (C=O) groups is 1. The molecule has 1 N–H and O–H groups in total. The highest BCUT2D eigenvalue weighted by Gasteiger charge is 2.36. The Bertz CT molecular complexity index is 657. The Hall–Kier alpha value is -1.42. The lowest BCUT2D eigenvalue weighted by molar-refractivity contribution is -0.145. The zero-order chi connectivity index (χ0) is 19.1. The Balaban J connectivity index is 0.00000364. The van der Waals surface area contributed by atoms with Crippen LogP contribution in [0.2, 0.25) is 0 Å². The predicted molar refractivity (Wildman–Crippen MR) is 114 cm³/mol. The van der Waals surface area contributed by atoms with Gasteiger partial charge in [-0.3, -0.25) is 4.79 Å². The van der Waals surface area contributed by atoms with Gasteiger partial charge in [0, 0.05) is 32.3 Å². The molecule has 0 spiro atoms. The normalized spacial score (nSPS) is 19.6. The lowest BCUT2D eigenvalue weighted by Crippen LogP contribution is -2.40. The first kappa shape index (κ1) is 23.6. The van der Waals surface area contributed by atoms with Crippen molar-refractivity contribution in [3.8, 4) is 0 Å². The van der Waals surface area contributed by atoms with Gasteiger partial charge in [0.2, 0.25) is 0 Å². The van der Waals surface area contributed by atoms with Crippen LogP contribution in [0.1, 0.15) is 25.0 Å². The van der Waals surface area contributed by atoms with Crippen molar-refractivity contribution in [3.05, 3.63) is 35.1 Å². The number of nitrogens with zero attached hydrogens (tertiary/aromatic N) is 2. The topological polar surface area (TPSA) is 63.2 Å². The van der Waals surface area contributed by atoms with Crippen molar-refractivity contribution < 1.29 is 18.7 Å². The van der Waals surface area contributed by atoms with Gasteiger partial charge in [0.25, 0.3) is 0 Å². The average Bonchev–Trinajstić information content (AvgIpc) is 3.02. The quantitative estimate of drug-likeness (QED) is 0.286. The molecule has 152 valence electrons. The van der Waals surface area contributed by atoms with Gasteiger partial charge in [-0.1, -0.05) is 13.0 Å². The molecule has 0 radical (unpaired) electrons. The van der Waals surface area contributed by atoms with Crippen molar-refractivity contribution in [1.82, 2.24) is 10.2 Å². The largest absolute Gasteiger partial charge is 0.469 e. The summed E-state index contributed by atoms with van der Waals surface area (Å²) >= 11 is 0. The fourth-order valence-corrected chi connectivity index (χ4v) is 3.18. The Morgan fingerprint density at radius 2 is 2.11 bits per heavy atom. The molecule has 0 aromatic heterocycles. The standard InChI is InChI=1S/C19H28FN3O3.HI/c1-5-21-19(23-10-13(2)16(11-23)18(24)26-4)22-9-14-6-7-17(20)15(8-14)12-25-3;/h6-8,13,16H,5,9-12H2,1-4H3,(H,21,22);1H. The number of esters is 1. The Kier molecular flexibility index (Phi) is 10.00. The van der Waals surface area contributed by atoms with E-state index >= 15 is 0 Å². The van der Waals surface area contributed by atoms with E-state index < -0.39 is 0 Å². The molecule has 1 fully saturated rings. The molecule has 1 aromatic rings. The maximum Gasteiger partial charge on any atom is 0.310 e. The molecule has 0 amide bonds. The molecule has 2 unspecified atom stereocenters. The number of benzene rings is 1. The van der Waals surface area contributed by atoms with E-state index in [0.29, 0.717) is 18.7 Å². The summed E-state index contributed by atoms with van der Waals surface area (Å²) in [5, 5.41) is 3.27. The highest BCUT2D eigenvalue weighted by molar-refractivity contribution is 14.0. The number of methoxy groups -OCH3 is 2. The molecular weight excluding hydrogens is 464 g/mol. The first-order valence-corrected chi connectivity index (χ1v) is 8.87. The summed E-state index contributed by atoms with van der Waals surface area (Å²) in [7, 11) is 2.96. The maximum atomic E-state index is 13.7. The summed E-state index contributed by atoms with van der Waals surface area (Å²) in [4.78, 5) is 18.6. The molecule has 1 heterocycles. The number of ether oxygens (including phenoxy) is 2. The summed E-state index contributed by atoms with van der Waals surface area (Å²) in [6.07, 6.45) is 0. The van der Waals surface area contributed by atoms with Crippen LogP contribution in [0.4, 0.5) is 4.39 Å². The number of hydrogen-bond donors (Lipinski definition) is 1. The third-order valence-electron chi connectivity index (χ3n) is 4.57. The minimum absolute atomic E-state index is 0. The smallest absolute Gasteiger partial charge is 0.310 e. The van der Waals surface area contributed by atoms with Crippen LogP contribution in [0, 0.1) is 17.7 Å². The van der Waals surface area contributed by atoms with Crippen molar-refractivity contribution in [2.75, 3.05) is 33.9 Å². The lowest BCUT2D eigenvalue weighted by atomic mass is 9.99. The third kappa shape index (κ3) is 6.31. The van der Waals surface area contributed by atoms with Crippen LogP contribution in [-0.4, -0.2) is 50.7 Å². The van der Waals surface area contributed by atoms with Crippen LogP contribution in [0.25, 0.3) is 0 Å². The second-order valence-electron chi connectivity index (χ2n) is 6.54. The van der Waals surface area contributed by atoms with E-state index in [0.717, 1.165) is 24.6 Å². The van der Waals surface area contributed by atoms with Crippen molar-refractivity contribution in [3.63, 3.8) is 0 Å². The summed E-state index contributed by atoms with van der Waals surface area (Å²) in [6, 6.07) is 4.94. The van der Waals surface area contributed by atoms with Gasteiger partial charge in [-0.15, -0.1) is 24.0 Å². The molecule has 2 atom stereocenters. The molecule has 6 nitrogen and oxygen atoms in total. The summed E-state index contributed by atoms with van der Waals surface area (Å²) < 4.78 is 23.7. The van der Waals surface area contributed by atoms with E-state index in [1.54, 1.807) is 19.2 Å². The molecule has 1 saturated heterocycles. The monoisotopic (exact) mass is 493 g/mol. The molecule has 0 bridgehead atoms. The maximum absolute atomic E-state index is 13.7. The number of hydrogen-bond acceptors (Lipinski definition) is 4. The van der Waals surface area contributed by atoms with Crippen LogP contribution in [0.15, 0.2) is 23.2 Å². The number of guanidine groups is 1. The number of rotatable bonds is 6. The van der Waals surface area contributed by atoms with Crippen LogP contribution in [0.5, 0.6) is 0 Å². The Labute approximate surface area is 177 Å².